The molecule has 4 rings (SSSR count). The molecule has 13 heteroatoms. The highest BCUT2D eigenvalue weighted by Gasteiger charge is 2.37. The number of amides is 2. The van der Waals surface area contributed by atoms with Crippen molar-refractivity contribution in [3.05, 3.63) is 58.1 Å². The van der Waals surface area contributed by atoms with E-state index >= 15 is 4.39 Å². The molecule has 2 amide bonds. The Balaban J connectivity index is 1.48. The third kappa shape index (κ3) is 8.39. The van der Waals surface area contributed by atoms with Gasteiger partial charge in [-0.2, -0.15) is 13.2 Å². The number of hydrogen-bond donors (Lipinski definition) is 3. The highest BCUT2D eigenvalue weighted by Crippen LogP contribution is 2.34. The van der Waals surface area contributed by atoms with Crippen LogP contribution in [0, 0.1) is 17.6 Å². The number of nitrogens with zero attached hydrogens (tertiary/aromatic N) is 2. The first-order valence-corrected chi connectivity index (χ1v) is 15.3. The maximum atomic E-state index is 15.1. The van der Waals surface area contributed by atoms with Crippen LogP contribution in [0.25, 0.3) is 0 Å². The van der Waals surface area contributed by atoms with Gasteiger partial charge in [-0.15, -0.1) is 0 Å². The van der Waals surface area contributed by atoms with Crippen molar-refractivity contribution in [3.63, 3.8) is 0 Å². The van der Waals surface area contributed by atoms with Gasteiger partial charge < -0.3 is 21.3 Å². The summed E-state index contributed by atoms with van der Waals surface area (Å²) in [5, 5.41) is 5.59. The summed E-state index contributed by atoms with van der Waals surface area (Å²) in [4.78, 5) is 29.4. The lowest BCUT2D eigenvalue weighted by Crippen LogP contribution is -2.54. The lowest BCUT2D eigenvalue weighted by molar-refractivity contribution is -0.139. The van der Waals surface area contributed by atoms with Crippen molar-refractivity contribution in [1.29, 1.82) is 0 Å². The summed E-state index contributed by atoms with van der Waals surface area (Å²) in [6.07, 6.45) is -1.80. The number of halogens is 6. The van der Waals surface area contributed by atoms with Gasteiger partial charge in [0.05, 0.1) is 28.9 Å². The van der Waals surface area contributed by atoms with E-state index in [1.807, 2.05) is 23.6 Å². The number of piperazine rings is 1. The molecule has 0 unspecified atom stereocenters. The predicted octanol–water partition coefficient (Wildman–Crippen LogP) is 6.25. The minimum Gasteiger partial charge on any atom is -0.367 e. The Morgan fingerprint density at radius 2 is 1.80 bits per heavy atom. The van der Waals surface area contributed by atoms with Gasteiger partial charge >= 0.3 is 6.18 Å². The number of nitrogens with two attached hydrogens (primary N) is 1. The van der Waals surface area contributed by atoms with E-state index in [0.717, 1.165) is 18.9 Å². The molecule has 1 saturated carbocycles. The summed E-state index contributed by atoms with van der Waals surface area (Å²) in [5.41, 5.74) is 5.28. The van der Waals surface area contributed by atoms with E-state index in [1.165, 1.54) is 6.07 Å². The number of benzene rings is 2. The molecule has 2 aromatic rings. The Morgan fingerprint density at radius 3 is 2.45 bits per heavy atom. The summed E-state index contributed by atoms with van der Waals surface area (Å²) in [6.45, 7) is 4.76. The Bertz CT molecular complexity index is 1350. The normalized spacial score (nSPS) is 19.0. The van der Waals surface area contributed by atoms with E-state index in [-0.39, 0.29) is 30.6 Å². The number of rotatable bonds is 10. The molecule has 1 heterocycles. The molecule has 1 aliphatic carbocycles. The maximum Gasteiger partial charge on any atom is 0.390 e. The first-order valence-electron chi connectivity index (χ1n) is 14.9. The van der Waals surface area contributed by atoms with Crippen LogP contribution in [0.2, 0.25) is 5.02 Å². The topological polar surface area (TPSA) is 90.7 Å². The van der Waals surface area contributed by atoms with Crippen molar-refractivity contribution in [2.24, 2.45) is 11.7 Å². The average molecular weight is 644 g/mol. The van der Waals surface area contributed by atoms with Crippen molar-refractivity contribution in [3.8, 4) is 0 Å². The fourth-order valence-corrected chi connectivity index (χ4v) is 6.16. The minimum atomic E-state index is -4.26. The van der Waals surface area contributed by atoms with Gasteiger partial charge in [-0.3, -0.25) is 14.5 Å². The van der Waals surface area contributed by atoms with E-state index in [9.17, 15) is 27.2 Å². The molecule has 2 aliphatic rings. The van der Waals surface area contributed by atoms with Crippen LogP contribution in [0.1, 0.15) is 68.3 Å². The molecule has 1 atom stereocenters. The monoisotopic (exact) mass is 643 g/mol. The summed E-state index contributed by atoms with van der Waals surface area (Å²) in [7, 11) is 0. The second-order valence-corrected chi connectivity index (χ2v) is 12.6. The third-order valence-electron chi connectivity index (χ3n) is 8.37. The molecule has 2 aromatic carbocycles. The second kappa shape index (κ2) is 14.0. The molecule has 4 N–H and O–H groups in total. The Kier molecular flexibility index (Phi) is 10.8. The third-order valence-corrected chi connectivity index (χ3v) is 8.61. The van der Waals surface area contributed by atoms with Crippen molar-refractivity contribution < 1.29 is 31.5 Å². The van der Waals surface area contributed by atoms with E-state index in [4.69, 9.17) is 17.3 Å². The fourth-order valence-electron chi connectivity index (χ4n) is 5.99. The van der Waals surface area contributed by atoms with Crippen molar-refractivity contribution in [2.45, 2.75) is 76.7 Å². The van der Waals surface area contributed by atoms with Crippen LogP contribution >= 0.6 is 11.6 Å². The van der Waals surface area contributed by atoms with Crippen molar-refractivity contribution in [2.75, 3.05) is 36.4 Å². The Labute approximate surface area is 259 Å². The second-order valence-electron chi connectivity index (χ2n) is 12.2. The van der Waals surface area contributed by atoms with Crippen LogP contribution in [0.5, 0.6) is 0 Å². The summed E-state index contributed by atoms with van der Waals surface area (Å²) >= 11 is 6.28. The van der Waals surface area contributed by atoms with Crippen molar-refractivity contribution >= 4 is 34.8 Å². The number of carbonyl (C=O) groups excluding carboxylic acids is 2. The number of carbonyl (C=O) groups is 2. The van der Waals surface area contributed by atoms with Gasteiger partial charge in [-0.1, -0.05) is 44.4 Å². The summed E-state index contributed by atoms with van der Waals surface area (Å²) in [5.74, 6) is -3.69. The zero-order valence-corrected chi connectivity index (χ0v) is 25.6. The molecule has 0 aromatic heterocycles. The van der Waals surface area contributed by atoms with Crippen LogP contribution in [-0.2, 0) is 11.3 Å². The smallest absolute Gasteiger partial charge is 0.367 e. The van der Waals surface area contributed by atoms with Crippen LogP contribution < -0.4 is 21.3 Å². The van der Waals surface area contributed by atoms with Crippen molar-refractivity contribution in [1.82, 2.24) is 10.2 Å². The van der Waals surface area contributed by atoms with Crippen LogP contribution in [0.3, 0.4) is 0 Å². The molecule has 0 bridgehead atoms. The number of alkyl halides is 3. The molecule has 1 aliphatic heterocycles. The fraction of sp³-hybridized carbons (Fsp3) is 0.548. The zero-order chi connectivity index (χ0) is 32.2. The van der Waals surface area contributed by atoms with E-state index in [0.29, 0.717) is 55.3 Å². The Morgan fingerprint density at radius 1 is 1.09 bits per heavy atom. The highest BCUT2D eigenvalue weighted by molar-refractivity contribution is 6.31. The minimum absolute atomic E-state index is 0.106. The lowest BCUT2D eigenvalue weighted by Gasteiger charge is -2.43. The van der Waals surface area contributed by atoms with E-state index in [2.05, 4.69) is 10.6 Å². The first kappa shape index (κ1) is 33.9. The number of anilines is 2. The average Bonchev–Trinajstić information content (AvgIpc) is 3.40. The SMILES string of the molecule is CC(C)C[C@H]1CN(c2cc(Cl)ccc2NC(=O)c2ccc(CNC(=O)C3(N)CCCC3)c(F)c2F)CCN1CCC(F)(F)F. The molecule has 0 radical (unpaired) electrons. The molecule has 242 valence electrons. The van der Waals surface area contributed by atoms with Gasteiger partial charge in [-0.25, -0.2) is 8.78 Å². The molecule has 1 saturated heterocycles. The summed E-state index contributed by atoms with van der Waals surface area (Å²) in [6, 6.07) is 6.94. The molecule has 0 spiro atoms. The number of nitrogens with one attached hydrogen (secondary N) is 2. The van der Waals surface area contributed by atoms with Crippen LogP contribution in [0.15, 0.2) is 30.3 Å². The van der Waals surface area contributed by atoms with Gasteiger partial charge in [-0.05, 0) is 49.4 Å². The van der Waals surface area contributed by atoms with Crippen LogP contribution in [0.4, 0.5) is 33.3 Å². The largest absolute Gasteiger partial charge is 0.390 e. The maximum absolute atomic E-state index is 15.1. The standard InChI is InChI=1S/C31H39ClF5N5O2/c1-19(2)15-22-18-42(14-13-41(22)12-11-31(35,36)37)25-16-21(32)6-8-24(25)40-28(43)23-7-5-20(26(33)27(23)34)17-39-29(44)30(38)9-3-4-10-30/h5-8,16,19,22H,3-4,9-15,17-18,38H2,1-2H3,(H,39,44)(H,40,43)/t22-/m0/s1. The van der Waals surface area contributed by atoms with E-state index < -0.39 is 47.1 Å². The van der Waals surface area contributed by atoms with Crippen LogP contribution in [-0.4, -0.2) is 60.7 Å². The lowest BCUT2D eigenvalue weighted by atomic mass is 9.98. The predicted molar refractivity (Wildman–Crippen MR) is 161 cm³/mol. The summed E-state index contributed by atoms with van der Waals surface area (Å²) < 4.78 is 69.0. The zero-order valence-electron chi connectivity index (χ0n) is 24.9. The molecule has 2 fully saturated rings. The molecular weight excluding hydrogens is 605 g/mol. The number of hydrogen-bond acceptors (Lipinski definition) is 5. The highest BCUT2D eigenvalue weighted by atomic mass is 35.5. The van der Waals surface area contributed by atoms with Gasteiger partial charge in [0, 0.05) is 49.4 Å². The van der Waals surface area contributed by atoms with Gasteiger partial charge in [0.2, 0.25) is 5.91 Å². The van der Waals surface area contributed by atoms with E-state index in [1.54, 1.807) is 18.2 Å². The Hall–Kier alpha value is -2.96. The molecular formula is C31H39ClF5N5O2. The quantitative estimate of drug-likeness (QED) is 0.267. The van der Waals surface area contributed by atoms with Gasteiger partial charge in [0.25, 0.3) is 5.91 Å². The molecule has 44 heavy (non-hydrogen) atoms. The molecule has 7 nitrogen and oxygen atoms in total. The van der Waals surface area contributed by atoms with Gasteiger partial charge in [0.15, 0.2) is 11.6 Å². The van der Waals surface area contributed by atoms with Gasteiger partial charge in [0.1, 0.15) is 0 Å². The first-order chi connectivity index (χ1) is 20.7.